The van der Waals surface area contributed by atoms with E-state index in [4.69, 9.17) is 20.9 Å². The highest BCUT2D eigenvalue weighted by Gasteiger charge is 2.18. The van der Waals surface area contributed by atoms with Gasteiger partial charge in [0.2, 0.25) is 0 Å². The van der Waals surface area contributed by atoms with Gasteiger partial charge in [-0.1, -0.05) is 28.3 Å². The van der Waals surface area contributed by atoms with Gasteiger partial charge in [0.1, 0.15) is 10.7 Å². The summed E-state index contributed by atoms with van der Waals surface area (Å²) in [5.41, 5.74) is -0.414. The zero-order valence-corrected chi connectivity index (χ0v) is 13.5. The highest BCUT2D eigenvalue weighted by molar-refractivity contribution is 7.90. The van der Waals surface area contributed by atoms with Gasteiger partial charge in [-0.2, -0.15) is 23.4 Å². The minimum atomic E-state index is -4.09. The number of nitrogens with zero attached hydrogens (tertiary/aromatic N) is 5. The van der Waals surface area contributed by atoms with E-state index in [1.165, 1.54) is 25.3 Å². The standard InChI is InChI=1S/C12H10ClN5O4S/c1-7-14-10-16-11(22-18(10)12(15-7)21-2)17-23(19,20)9-6-4-3-5-8(9)13/h3-6H,1-2H3/b17-11-. The first-order valence-corrected chi connectivity index (χ1v) is 8.07. The third-order valence-corrected chi connectivity index (χ3v) is 4.49. The van der Waals surface area contributed by atoms with Crippen LogP contribution in [0.2, 0.25) is 5.02 Å². The van der Waals surface area contributed by atoms with Crippen LogP contribution in [0.4, 0.5) is 0 Å². The normalized spacial score (nSPS) is 12.7. The molecule has 0 aliphatic heterocycles. The van der Waals surface area contributed by atoms with Crippen LogP contribution in [0.1, 0.15) is 5.82 Å². The van der Waals surface area contributed by atoms with Gasteiger partial charge < -0.3 is 9.26 Å². The van der Waals surface area contributed by atoms with Gasteiger partial charge in [0.15, 0.2) is 0 Å². The highest BCUT2D eigenvalue weighted by Crippen LogP contribution is 2.21. The number of aryl methyl sites for hydroxylation is 1. The van der Waals surface area contributed by atoms with Gasteiger partial charge in [-0.15, -0.1) is 4.40 Å². The second-order valence-corrected chi connectivity index (χ2v) is 6.31. The van der Waals surface area contributed by atoms with E-state index < -0.39 is 15.7 Å². The molecular formula is C12H10ClN5O4S. The van der Waals surface area contributed by atoms with E-state index in [0.29, 0.717) is 5.82 Å². The largest absolute Gasteiger partial charge is 0.466 e. The Hall–Kier alpha value is -2.46. The minimum Gasteiger partial charge on any atom is -0.466 e. The van der Waals surface area contributed by atoms with Crippen LogP contribution in [0.5, 0.6) is 6.01 Å². The molecule has 11 heteroatoms. The first-order valence-electron chi connectivity index (χ1n) is 6.25. The van der Waals surface area contributed by atoms with Gasteiger partial charge in [-0.05, 0) is 19.1 Å². The molecule has 0 aliphatic carbocycles. The summed E-state index contributed by atoms with van der Waals surface area (Å²) < 4.78 is 39.4. The van der Waals surface area contributed by atoms with Crippen molar-refractivity contribution in [3.8, 4) is 6.01 Å². The quantitative estimate of drug-likeness (QED) is 0.688. The SMILES string of the molecule is COc1nc(C)nc2n/c(=N/S(=O)(=O)c3ccccc3Cl)on12. The lowest BCUT2D eigenvalue weighted by atomic mass is 10.4. The third kappa shape index (κ3) is 2.90. The van der Waals surface area contributed by atoms with Crippen molar-refractivity contribution in [2.75, 3.05) is 7.11 Å². The zero-order chi connectivity index (χ0) is 16.6. The van der Waals surface area contributed by atoms with E-state index in [1.54, 1.807) is 13.0 Å². The molecule has 0 atom stereocenters. The fourth-order valence-electron chi connectivity index (χ4n) is 1.79. The Morgan fingerprint density at radius 2 is 2.00 bits per heavy atom. The van der Waals surface area contributed by atoms with Crippen molar-refractivity contribution in [1.82, 2.24) is 19.5 Å². The van der Waals surface area contributed by atoms with Gasteiger partial charge in [0, 0.05) is 0 Å². The maximum Gasteiger partial charge on any atom is 0.358 e. The molecule has 0 fully saturated rings. The van der Waals surface area contributed by atoms with E-state index >= 15 is 0 Å². The first kappa shape index (κ1) is 15.4. The highest BCUT2D eigenvalue weighted by atomic mass is 35.5. The number of halogens is 1. The Morgan fingerprint density at radius 1 is 1.26 bits per heavy atom. The van der Waals surface area contributed by atoms with E-state index in [-0.39, 0.29) is 21.7 Å². The summed E-state index contributed by atoms with van der Waals surface area (Å²) in [6, 6.07) is 5.99. The molecule has 0 bridgehead atoms. The topological polar surface area (TPSA) is 112 Å². The van der Waals surface area contributed by atoms with Crippen molar-refractivity contribution in [3.05, 3.63) is 40.8 Å². The molecule has 0 amide bonds. The van der Waals surface area contributed by atoms with Gasteiger partial charge in [-0.3, -0.25) is 0 Å². The van der Waals surface area contributed by atoms with Crippen LogP contribution in [0.3, 0.4) is 0 Å². The van der Waals surface area contributed by atoms with Crippen LogP contribution in [0.15, 0.2) is 38.1 Å². The summed E-state index contributed by atoms with van der Waals surface area (Å²) in [5, 5.41) is 0.0493. The molecule has 3 aromatic rings. The number of aromatic nitrogens is 4. The molecule has 2 heterocycles. The summed E-state index contributed by atoms with van der Waals surface area (Å²) in [7, 11) is -2.70. The summed E-state index contributed by atoms with van der Waals surface area (Å²) >= 11 is 5.88. The fourth-order valence-corrected chi connectivity index (χ4v) is 3.17. The number of sulfonamides is 1. The average Bonchev–Trinajstić information content (AvgIpc) is 2.87. The number of hydrogen-bond acceptors (Lipinski definition) is 7. The minimum absolute atomic E-state index is 0.0493. The molecule has 2 aromatic heterocycles. The number of ether oxygens (including phenoxy) is 1. The van der Waals surface area contributed by atoms with Gasteiger partial charge in [0.05, 0.1) is 12.1 Å². The summed E-state index contributed by atoms with van der Waals surface area (Å²) in [5.74, 6) is 0.457. The number of methoxy groups -OCH3 is 1. The van der Waals surface area contributed by atoms with E-state index in [1.807, 2.05) is 0 Å². The van der Waals surface area contributed by atoms with Crippen molar-refractivity contribution in [1.29, 1.82) is 0 Å². The van der Waals surface area contributed by atoms with Crippen LogP contribution in [0, 0.1) is 6.92 Å². The predicted molar refractivity (Wildman–Crippen MR) is 78.5 cm³/mol. The number of hydrogen-bond donors (Lipinski definition) is 0. The average molecular weight is 356 g/mol. The first-order chi connectivity index (χ1) is 10.9. The summed E-state index contributed by atoms with van der Waals surface area (Å²) in [6.07, 6.45) is 0. The summed E-state index contributed by atoms with van der Waals surface area (Å²) in [6.45, 7) is 1.63. The van der Waals surface area contributed by atoms with Crippen molar-refractivity contribution in [3.63, 3.8) is 0 Å². The Morgan fingerprint density at radius 3 is 2.70 bits per heavy atom. The zero-order valence-electron chi connectivity index (χ0n) is 12.0. The molecule has 0 saturated heterocycles. The number of benzene rings is 1. The number of rotatable bonds is 3. The lowest BCUT2D eigenvalue weighted by Crippen LogP contribution is -2.08. The smallest absolute Gasteiger partial charge is 0.358 e. The lowest BCUT2D eigenvalue weighted by molar-refractivity contribution is 0.264. The molecule has 0 aliphatic rings. The molecule has 3 rings (SSSR count). The predicted octanol–water partition coefficient (Wildman–Crippen LogP) is 0.977. The van der Waals surface area contributed by atoms with Gasteiger partial charge >= 0.3 is 11.7 Å². The van der Waals surface area contributed by atoms with E-state index in [2.05, 4.69) is 19.3 Å². The Balaban J connectivity index is 2.20. The van der Waals surface area contributed by atoms with Gasteiger partial charge in [-0.25, -0.2) is 0 Å². The molecule has 0 saturated carbocycles. The lowest BCUT2D eigenvalue weighted by Gasteiger charge is -1.99. The van der Waals surface area contributed by atoms with E-state index in [0.717, 1.165) is 4.57 Å². The molecule has 23 heavy (non-hydrogen) atoms. The van der Waals surface area contributed by atoms with Crippen LogP contribution >= 0.6 is 11.6 Å². The van der Waals surface area contributed by atoms with Crippen molar-refractivity contribution >= 4 is 27.4 Å². The fraction of sp³-hybridized carbons (Fsp3) is 0.167. The molecule has 9 nitrogen and oxygen atoms in total. The second kappa shape index (κ2) is 5.63. The molecule has 1 aromatic carbocycles. The second-order valence-electron chi connectivity index (χ2n) is 4.33. The molecule has 0 N–H and O–H groups in total. The monoisotopic (exact) mass is 355 g/mol. The van der Waals surface area contributed by atoms with Crippen LogP contribution in [-0.4, -0.2) is 35.1 Å². The third-order valence-electron chi connectivity index (χ3n) is 2.74. The van der Waals surface area contributed by atoms with Crippen molar-refractivity contribution in [2.24, 2.45) is 4.40 Å². The van der Waals surface area contributed by atoms with E-state index in [9.17, 15) is 8.42 Å². The Bertz CT molecular complexity index is 1060. The molecular weight excluding hydrogens is 346 g/mol. The maximum atomic E-state index is 12.3. The van der Waals surface area contributed by atoms with Crippen molar-refractivity contribution in [2.45, 2.75) is 11.8 Å². The Labute approximate surface area is 135 Å². The number of fused-ring (bicyclic) bond motifs is 1. The molecule has 0 unspecified atom stereocenters. The maximum absolute atomic E-state index is 12.3. The summed E-state index contributed by atoms with van der Waals surface area (Å²) in [4.78, 5) is 11.7. The Kier molecular flexibility index (Phi) is 3.78. The van der Waals surface area contributed by atoms with Gasteiger partial charge in [0.25, 0.3) is 15.8 Å². The van der Waals surface area contributed by atoms with Crippen molar-refractivity contribution < 1.29 is 17.7 Å². The van der Waals surface area contributed by atoms with Crippen LogP contribution in [0.25, 0.3) is 5.78 Å². The van der Waals surface area contributed by atoms with Crippen LogP contribution < -0.4 is 10.4 Å². The molecule has 0 spiro atoms. The molecule has 120 valence electrons. The van der Waals surface area contributed by atoms with Crippen LogP contribution in [-0.2, 0) is 10.0 Å². The molecule has 0 radical (unpaired) electrons.